The van der Waals surface area contributed by atoms with E-state index in [0.717, 1.165) is 12.8 Å². The highest BCUT2D eigenvalue weighted by Crippen LogP contribution is 2.19. The second-order valence-corrected chi connectivity index (χ2v) is 4.25. The minimum Gasteiger partial charge on any atom is -0.368 e. The van der Waals surface area contributed by atoms with E-state index in [9.17, 15) is 9.59 Å². The molecule has 4 nitrogen and oxygen atoms in total. The van der Waals surface area contributed by atoms with E-state index in [-0.39, 0.29) is 17.9 Å². The third-order valence-electron chi connectivity index (χ3n) is 2.48. The molecule has 0 unspecified atom stereocenters. The highest BCUT2D eigenvalue weighted by atomic mass is 16.2. The lowest BCUT2D eigenvalue weighted by Crippen LogP contribution is -2.43. The number of rotatable bonds is 3. The summed E-state index contributed by atoms with van der Waals surface area (Å²) in [5, 5.41) is 0. The van der Waals surface area contributed by atoms with Crippen LogP contribution in [0.25, 0.3) is 0 Å². The topological polar surface area (TPSA) is 63.4 Å². The Balaban J connectivity index is 2.58. The van der Waals surface area contributed by atoms with Gasteiger partial charge in [-0.05, 0) is 18.8 Å². The average molecular weight is 198 g/mol. The minimum absolute atomic E-state index is 0.0568. The molecule has 0 bridgehead atoms. The van der Waals surface area contributed by atoms with Gasteiger partial charge >= 0.3 is 0 Å². The van der Waals surface area contributed by atoms with Gasteiger partial charge in [0, 0.05) is 13.0 Å². The van der Waals surface area contributed by atoms with E-state index in [0.29, 0.717) is 18.9 Å². The van der Waals surface area contributed by atoms with Gasteiger partial charge in [-0.2, -0.15) is 0 Å². The predicted octanol–water partition coefficient (Wildman–Crippen LogP) is 0.509. The summed E-state index contributed by atoms with van der Waals surface area (Å²) in [6, 6.07) is -0.360. The number of nitrogens with two attached hydrogens (primary N) is 1. The van der Waals surface area contributed by atoms with Crippen LogP contribution in [0.5, 0.6) is 0 Å². The van der Waals surface area contributed by atoms with Crippen molar-refractivity contribution in [3.63, 3.8) is 0 Å². The van der Waals surface area contributed by atoms with Crippen molar-refractivity contribution in [3.05, 3.63) is 0 Å². The van der Waals surface area contributed by atoms with Crippen LogP contribution in [0.4, 0.5) is 0 Å². The molecule has 0 aromatic heterocycles. The van der Waals surface area contributed by atoms with Gasteiger partial charge in [-0.3, -0.25) is 9.59 Å². The normalized spacial score (nSPS) is 21.6. The lowest BCUT2D eigenvalue weighted by molar-refractivity contribution is -0.137. The molecular formula is C10H18N2O2. The zero-order valence-corrected chi connectivity index (χ0v) is 8.82. The van der Waals surface area contributed by atoms with E-state index in [4.69, 9.17) is 5.73 Å². The number of nitrogens with zero attached hydrogens (tertiary/aromatic N) is 1. The van der Waals surface area contributed by atoms with E-state index in [1.165, 1.54) is 0 Å². The molecule has 1 aliphatic rings. The minimum atomic E-state index is -0.375. The van der Waals surface area contributed by atoms with Gasteiger partial charge in [0.05, 0.1) is 0 Å². The van der Waals surface area contributed by atoms with Gasteiger partial charge in [0.15, 0.2) is 0 Å². The Morgan fingerprint density at radius 2 is 2.14 bits per heavy atom. The maximum atomic E-state index is 11.7. The molecule has 4 heteroatoms. The zero-order valence-electron chi connectivity index (χ0n) is 8.82. The molecule has 14 heavy (non-hydrogen) atoms. The lowest BCUT2D eigenvalue weighted by Gasteiger charge is -2.22. The SMILES string of the molecule is CC(C)CC(=O)N1CCC[C@H]1C(N)=O. The van der Waals surface area contributed by atoms with Crippen LogP contribution in [0.3, 0.4) is 0 Å². The van der Waals surface area contributed by atoms with Gasteiger partial charge in [-0.25, -0.2) is 0 Å². The summed E-state index contributed by atoms with van der Waals surface area (Å²) in [6.45, 7) is 4.67. The Bertz CT molecular complexity index is 238. The highest BCUT2D eigenvalue weighted by molar-refractivity contribution is 5.87. The summed E-state index contributed by atoms with van der Waals surface area (Å²) in [7, 11) is 0. The first-order valence-electron chi connectivity index (χ1n) is 5.11. The fourth-order valence-electron chi connectivity index (χ4n) is 1.83. The van der Waals surface area contributed by atoms with Crippen LogP contribution in [-0.4, -0.2) is 29.3 Å². The average Bonchev–Trinajstić information content (AvgIpc) is 2.49. The monoisotopic (exact) mass is 198 g/mol. The van der Waals surface area contributed by atoms with Crippen LogP contribution >= 0.6 is 0 Å². The molecule has 1 rings (SSSR count). The summed E-state index contributed by atoms with van der Waals surface area (Å²) < 4.78 is 0. The molecule has 80 valence electrons. The Morgan fingerprint density at radius 3 is 2.64 bits per heavy atom. The number of hydrogen-bond donors (Lipinski definition) is 1. The van der Waals surface area contributed by atoms with Crippen molar-refractivity contribution in [2.45, 2.75) is 39.2 Å². The molecule has 1 saturated heterocycles. The van der Waals surface area contributed by atoms with Crippen molar-refractivity contribution in [1.29, 1.82) is 0 Å². The third kappa shape index (κ3) is 2.47. The number of carbonyl (C=O) groups is 2. The van der Waals surface area contributed by atoms with Crippen molar-refractivity contribution >= 4 is 11.8 Å². The molecule has 1 fully saturated rings. The second-order valence-electron chi connectivity index (χ2n) is 4.25. The van der Waals surface area contributed by atoms with E-state index in [2.05, 4.69) is 0 Å². The molecule has 1 heterocycles. The third-order valence-corrected chi connectivity index (χ3v) is 2.48. The van der Waals surface area contributed by atoms with Crippen molar-refractivity contribution in [1.82, 2.24) is 4.90 Å². The standard InChI is InChI=1S/C10H18N2O2/c1-7(2)6-9(13)12-5-3-4-8(12)10(11)14/h7-8H,3-6H2,1-2H3,(H2,11,14)/t8-/m0/s1. The summed E-state index contributed by atoms with van der Waals surface area (Å²) in [5.74, 6) is 0.0116. The van der Waals surface area contributed by atoms with Gasteiger partial charge < -0.3 is 10.6 Å². The molecule has 0 aromatic rings. The van der Waals surface area contributed by atoms with Crippen molar-refractivity contribution in [2.24, 2.45) is 11.7 Å². The van der Waals surface area contributed by atoms with Gasteiger partial charge in [-0.15, -0.1) is 0 Å². The zero-order chi connectivity index (χ0) is 10.7. The van der Waals surface area contributed by atoms with E-state index in [1.54, 1.807) is 4.90 Å². The Morgan fingerprint density at radius 1 is 1.50 bits per heavy atom. The van der Waals surface area contributed by atoms with Crippen LogP contribution in [0, 0.1) is 5.92 Å². The summed E-state index contributed by atoms with van der Waals surface area (Å²) >= 11 is 0. The summed E-state index contributed by atoms with van der Waals surface area (Å²) in [4.78, 5) is 24.3. The number of amides is 2. The van der Waals surface area contributed by atoms with Crippen molar-refractivity contribution in [2.75, 3.05) is 6.54 Å². The number of carbonyl (C=O) groups excluding carboxylic acids is 2. The number of likely N-dealkylation sites (tertiary alicyclic amines) is 1. The molecule has 0 aromatic carbocycles. The highest BCUT2D eigenvalue weighted by Gasteiger charge is 2.32. The van der Waals surface area contributed by atoms with Crippen molar-refractivity contribution < 1.29 is 9.59 Å². The summed E-state index contributed by atoms with van der Waals surface area (Å²) in [6.07, 6.45) is 2.11. The van der Waals surface area contributed by atoms with Crippen LogP contribution in [-0.2, 0) is 9.59 Å². The molecular weight excluding hydrogens is 180 g/mol. The summed E-state index contributed by atoms with van der Waals surface area (Å²) in [5.41, 5.74) is 5.22. The quantitative estimate of drug-likeness (QED) is 0.718. The smallest absolute Gasteiger partial charge is 0.240 e. The van der Waals surface area contributed by atoms with Crippen molar-refractivity contribution in [3.8, 4) is 0 Å². The van der Waals surface area contributed by atoms with Crippen LogP contribution < -0.4 is 5.73 Å². The molecule has 0 aliphatic carbocycles. The van der Waals surface area contributed by atoms with E-state index < -0.39 is 0 Å². The fourth-order valence-corrected chi connectivity index (χ4v) is 1.83. The van der Waals surface area contributed by atoms with Gasteiger partial charge in [0.2, 0.25) is 11.8 Å². The van der Waals surface area contributed by atoms with Crippen LogP contribution in [0.2, 0.25) is 0 Å². The molecule has 0 saturated carbocycles. The molecule has 2 N–H and O–H groups in total. The number of primary amides is 1. The van der Waals surface area contributed by atoms with Crippen LogP contribution in [0.15, 0.2) is 0 Å². The first-order chi connectivity index (χ1) is 6.52. The predicted molar refractivity (Wildman–Crippen MR) is 53.4 cm³/mol. The van der Waals surface area contributed by atoms with Gasteiger partial charge in [-0.1, -0.05) is 13.8 Å². The van der Waals surface area contributed by atoms with E-state index >= 15 is 0 Å². The maximum Gasteiger partial charge on any atom is 0.240 e. The van der Waals surface area contributed by atoms with Gasteiger partial charge in [0.25, 0.3) is 0 Å². The fraction of sp³-hybridized carbons (Fsp3) is 0.800. The molecule has 1 aliphatic heterocycles. The Hall–Kier alpha value is -1.06. The second kappa shape index (κ2) is 4.44. The van der Waals surface area contributed by atoms with E-state index in [1.807, 2.05) is 13.8 Å². The first kappa shape index (κ1) is 11.0. The molecule has 0 spiro atoms. The molecule has 1 atom stereocenters. The van der Waals surface area contributed by atoms with Gasteiger partial charge in [0.1, 0.15) is 6.04 Å². The lowest BCUT2D eigenvalue weighted by atomic mass is 10.1. The largest absolute Gasteiger partial charge is 0.368 e. The maximum absolute atomic E-state index is 11.7. The molecule has 2 amide bonds. The number of hydrogen-bond acceptors (Lipinski definition) is 2. The first-order valence-corrected chi connectivity index (χ1v) is 5.11. The molecule has 0 radical (unpaired) electrons. The Labute approximate surface area is 84.4 Å². The Kier molecular flexibility index (Phi) is 3.49. The van der Waals surface area contributed by atoms with Crippen LogP contribution in [0.1, 0.15) is 33.1 Å².